The van der Waals surface area contributed by atoms with Crippen molar-refractivity contribution < 1.29 is 4.79 Å². The van der Waals surface area contributed by atoms with Gasteiger partial charge in [-0.3, -0.25) is 9.48 Å². The maximum absolute atomic E-state index is 11.6. The number of anilines is 1. The summed E-state index contributed by atoms with van der Waals surface area (Å²) < 4.78 is 1.50. The zero-order chi connectivity index (χ0) is 11.6. The molecule has 0 atom stereocenters. The van der Waals surface area contributed by atoms with E-state index in [0.29, 0.717) is 11.4 Å². The molecule has 1 aromatic rings. The van der Waals surface area contributed by atoms with Crippen LogP contribution in [0.25, 0.3) is 0 Å². The number of aryl methyl sites for hydroxylation is 1. The van der Waals surface area contributed by atoms with E-state index in [2.05, 4.69) is 10.4 Å². The largest absolute Gasteiger partial charge is 0.308 e. The van der Waals surface area contributed by atoms with E-state index in [4.69, 9.17) is 5.26 Å². The second kappa shape index (κ2) is 3.73. The predicted molar refractivity (Wildman–Crippen MR) is 56.0 cm³/mol. The molecule has 0 aliphatic carbocycles. The van der Waals surface area contributed by atoms with E-state index >= 15 is 0 Å². The summed E-state index contributed by atoms with van der Waals surface area (Å²) in [4.78, 5) is 11.6. The minimum Gasteiger partial charge on any atom is -0.308 e. The maximum atomic E-state index is 11.6. The second-order valence-electron chi connectivity index (χ2n) is 4.38. The third-order valence-electron chi connectivity index (χ3n) is 1.86. The molecule has 0 aliphatic rings. The molecule has 1 aromatic heterocycles. The normalized spacial score (nSPS) is 10.9. The van der Waals surface area contributed by atoms with E-state index in [1.807, 2.05) is 6.07 Å². The van der Waals surface area contributed by atoms with Crippen LogP contribution in [0.3, 0.4) is 0 Å². The monoisotopic (exact) mass is 206 g/mol. The maximum Gasteiger partial charge on any atom is 0.230 e. The van der Waals surface area contributed by atoms with Crippen LogP contribution in [-0.4, -0.2) is 15.7 Å². The number of carbonyl (C=O) groups is 1. The topological polar surface area (TPSA) is 70.7 Å². The van der Waals surface area contributed by atoms with Crippen LogP contribution in [0, 0.1) is 16.7 Å². The molecule has 0 aliphatic heterocycles. The van der Waals surface area contributed by atoms with Gasteiger partial charge in [-0.15, -0.1) is 0 Å². The zero-order valence-corrected chi connectivity index (χ0v) is 9.33. The molecule has 0 aromatic carbocycles. The number of nitrogens with one attached hydrogen (secondary N) is 1. The van der Waals surface area contributed by atoms with Crippen molar-refractivity contribution in [1.29, 1.82) is 5.26 Å². The number of hydrogen-bond acceptors (Lipinski definition) is 3. The van der Waals surface area contributed by atoms with E-state index in [1.165, 1.54) is 4.68 Å². The molecule has 0 saturated carbocycles. The Morgan fingerprint density at radius 1 is 1.60 bits per heavy atom. The van der Waals surface area contributed by atoms with Crippen molar-refractivity contribution in [2.45, 2.75) is 20.8 Å². The van der Waals surface area contributed by atoms with Crippen molar-refractivity contribution in [2.75, 3.05) is 5.32 Å². The number of nitrogens with zero attached hydrogens (tertiary/aromatic N) is 3. The first-order valence-corrected chi connectivity index (χ1v) is 4.60. The number of nitriles is 1. The zero-order valence-electron chi connectivity index (χ0n) is 9.33. The fourth-order valence-electron chi connectivity index (χ4n) is 0.958. The van der Waals surface area contributed by atoms with Gasteiger partial charge in [-0.05, 0) is 0 Å². The highest BCUT2D eigenvalue weighted by molar-refractivity contribution is 5.94. The number of carbonyl (C=O) groups excluding carboxylic acids is 1. The van der Waals surface area contributed by atoms with Crippen LogP contribution in [0.5, 0.6) is 0 Å². The average Bonchev–Trinajstić information content (AvgIpc) is 2.44. The van der Waals surface area contributed by atoms with Crippen LogP contribution in [-0.2, 0) is 11.8 Å². The van der Waals surface area contributed by atoms with Crippen LogP contribution in [0.2, 0.25) is 0 Å². The Morgan fingerprint density at radius 3 is 2.67 bits per heavy atom. The first kappa shape index (κ1) is 11.2. The van der Waals surface area contributed by atoms with Gasteiger partial charge in [0.1, 0.15) is 11.6 Å². The van der Waals surface area contributed by atoms with Crippen LogP contribution < -0.4 is 5.32 Å². The molecule has 80 valence electrons. The molecule has 0 fully saturated rings. The van der Waals surface area contributed by atoms with Gasteiger partial charge < -0.3 is 5.32 Å². The van der Waals surface area contributed by atoms with Crippen molar-refractivity contribution in [3.63, 3.8) is 0 Å². The van der Waals surface area contributed by atoms with Gasteiger partial charge in [0, 0.05) is 18.7 Å². The number of rotatable bonds is 1. The van der Waals surface area contributed by atoms with Gasteiger partial charge in [0.05, 0.1) is 0 Å². The highest BCUT2D eigenvalue weighted by Gasteiger charge is 2.23. The molecule has 1 N–H and O–H groups in total. The third-order valence-corrected chi connectivity index (χ3v) is 1.86. The van der Waals surface area contributed by atoms with Gasteiger partial charge in [-0.25, -0.2) is 0 Å². The first-order valence-electron chi connectivity index (χ1n) is 4.60. The van der Waals surface area contributed by atoms with E-state index in [9.17, 15) is 4.79 Å². The van der Waals surface area contributed by atoms with Gasteiger partial charge in [-0.1, -0.05) is 20.8 Å². The highest BCUT2D eigenvalue weighted by Crippen LogP contribution is 2.18. The molecule has 5 heteroatoms. The van der Waals surface area contributed by atoms with Gasteiger partial charge in [0.25, 0.3) is 0 Å². The van der Waals surface area contributed by atoms with E-state index in [1.54, 1.807) is 34.0 Å². The lowest BCUT2D eigenvalue weighted by Gasteiger charge is -2.16. The summed E-state index contributed by atoms with van der Waals surface area (Å²) in [7, 11) is 1.70. The minimum atomic E-state index is -0.496. The number of hydrogen-bond donors (Lipinski definition) is 1. The highest BCUT2D eigenvalue weighted by atomic mass is 16.2. The number of amides is 1. The van der Waals surface area contributed by atoms with E-state index in [-0.39, 0.29) is 5.91 Å². The summed E-state index contributed by atoms with van der Waals surface area (Å²) >= 11 is 0. The Hall–Kier alpha value is -1.83. The molecule has 0 radical (unpaired) electrons. The lowest BCUT2D eigenvalue weighted by atomic mass is 9.96. The Bertz CT molecular complexity index is 420. The van der Waals surface area contributed by atoms with Gasteiger partial charge in [0.15, 0.2) is 5.82 Å². The number of aromatic nitrogens is 2. The van der Waals surface area contributed by atoms with Crippen molar-refractivity contribution in [2.24, 2.45) is 12.5 Å². The van der Waals surface area contributed by atoms with Crippen molar-refractivity contribution >= 4 is 11.7 Å². The molecule has 0 unspecified atom stereocenters. The summed E-state index contributed by atoms with van der Waals surface area (Å²) in [5.41, 5.74) is -0.125. The van der Waals surface area contributed by atoms with Crippen LogP contribution in [0.4, 0.5) is 5.82 Å². The molecule has 1 amide bonds. The minimum absolute atomic E-state index is 0.155. The van der Waals surface area contributed by atoms with Crippen molar-refractivity contribution in [1.82, 2.24) is 9.78 Å². The molecule has 1 heterocycles. The van der Waals surface area contributed by atoms with Crippen LogP contribution in [0.1, 0.15) is 26.3 Å². The van der Waals surface area contributed by atoms with Crippen LogP contribution in [0.15, 0.2) is 6.20 Å². The molecule has 1 rings (SSSR count). The summed E-state index contributed by atoms with van der Waals surface area (Å²) in [6.07, 6.45) is 1.57. The lowest BCUT2D eigenvalue weighted by Crippen LogP contribution is -2.28. The molecule has 0 bridgehead atoms. The fraction of sp³-hybridized carbons (Fsp3) is 0.500. The average molecular weight is 206 g/mol. The second-order valence-corrected chi connectivity index (χ2v) is 4.38. The molecule has 5 nitrogen and oxygen atoms in total. The van der Waals surface area contributed by atoms with Gasteiger partial charge in [0.2, 0.25) is 5.91 Å². The smallest absolute Gasteiger partial charge is 0.230 e. The quantitative estimate of drug-likeness (QED) is 0.752. The Balaban J connectivity index is 2.91. The lowest BCUT2D eigenvalue weighted by molar-refractivity contribution is -0.123. The Labute approximate surface area is 88.7 Å². The molecule has 0 saturated heterocycles. The standard InChI is InChI=1S/C10H14N4O/c1-10(2,3)9(15)12-8-7(5-11)6-14(4)13-8/h6H,1-4H3,(H,12,13,15). The Kier molecular flexibility index (Phi) is 2.80. The summed E-state index contributed by atoms with van der Waals surface area (Å²) in [5, 5.41) is 15.4. The van der Waals surface area contributed by atoms with Gasteiger partial charge in [-0.2, -0.15) is 10.4 Å². The van der Waals surface area contributed by atoms with Crippen molar-refractivity contribution in [3.05, 3.63) is 11.8 Å². The van der Waals surface area contributed by atoms with Crippen LogP contribution >= 0.6 is 0 Å². The van der Waals surface area contributed by atoms with E-state index in [0.717, 1.165) is 0 Å². The third kappa shape index (κ3) is 2.56. The molecular formula is C10H14N4O. The fourth-order valence-corrected chi connectivity index (χ4v) is 0.958. The van der Waals surface area contributed by atoms with E-state index < -0.39 is 5.41 Å². The Morgan fingerprint density at radius 2 is 2.20 bits per heavy atom. The SMILES string of the molecule is Cn1cc(C#N)c(NC(=O)C(C)(C)C)n1. The summed E-state index contributed by atoms with van der Waals surface area (Å²) in [5.74, 6) is 0.164. The molecule has 15 heavy (non-hydrogen) atoms. The van der Waals surface area contributed by atoms with Gasteiger partial charge >= 0.3 is 0 Å². The van der Waals surface area contributed by atoms with Crippen molar-refractivity contribution in [3.8, 4) is 6.07 Å². The molecular weight excluding hydrogens is 192 g/mol. The molecule has 0 spiro atoms. The predicted octanol–water partition coefficient (Wildman–Crippen LogP) is 1.28. The first-order chi connectivity index (χ1) is 6.84. The summed E-state index contributed by atoms with van der Waals surface area (Å²) in [6, 6.07) is 1.98. The summed E-state index contributed by atoms with van der Waals surface area (Å²) in [6.45, 7) is 5.41.